The Morgan fingerprint density at radius 2 is 2.00 bits per heavy atom. The molecule has 0 aliphatic heterocycles. The van der Waals surface area contributed by atoms with Crippen molar-refractivity contribution in [2.75, 3.05) is 6.61 Å². The summed E-state index contributed by atoms with van der Waals surface area (Å²) in [5.41, 5.74) is 2.11. The highest BCUT2D eigenvalue weighted by atomic mass is 16.5. The Bertz CT molecular complexity index is 555. The number of ether oxygens (including phenoxy) is 1. The summed E-state index contributed by atoms with van der Waals surface area (Å²) in [5, 5.41) is 0. The summed E-state index contributed by atoms with van der Waals surface area (Å²) < 4.78 is 5.73. The molecule has 98 valence electrons. The second-order valence-corrected chi connectivity index (χ2v) is 4.16. The summed E-state index contributed by atoms with van der Waals surface area (Å²) in [6, 6.07) is 11.4. The van der Waals surface area contributed by atoms with E-state index in [1.54, 1.807) is 6.07 Å². The van der Waals surface area contributed by atoms with Crippen LogP contribution < -0.4 is 0 Å². The molecule has 2 rings (SSSR count). The molecule has 1 unspecified atom stereocenters. The van der Waals surface area contributed by atoms with Crippen LogP contribution >= 0.6 is 0 Å². The highest BCUT2D eigenvalue weighted by Crippen LogP contribution is 2.23. The van der Waals surface area contributed by atoms with Gasteiger partial charge in [-0.05, 0) is 25.5 Å². The minimum absolute atomic E-state index is 0.343. The maximum absolute atomic E-state index is 10.9. The molecule has 0 N–H and O–H groups in total. The summed E-state index contributed by atoms with van der Waals surface area (Å²) in [5.74, 6) is 0.523. The van der Waals surface area contributed by atoms with Crippen LogP contribution in [0.15, 0.2) is 36.4 Å². The van der Waals surface area contributed by atoms with Gasteiger partial charge in [0.05, 0.1) is 0 Å². The predicted molar refractivity (Wildman–Crippen MR) is 72.1 cm³/mol. The zero-order chi connectivity index (χ0) is 13.7. The molecule has 0 radical (unpaired) electrons. The zero-order valence-electron chi connectivity index (χ0n) is 11.0. The number of aldehydes is 1. The average molecular weight is 256 g/mol. The number of hydrogen-bond acceptors (Lipinski definition) is 4. The molecule has 1 heterocycles. The SMILES string of the molecule is CCOC(c1ccccc1)c1nc(C)cc(C=O)n1. The second-order valence-electron chi connectivity index (χ2n) is 4.16. The summed E-state index contributed by atoms with van der Waals surface area (Å²) in [4.78, 5) is 19.5. The fraction of sp³-hybridized carbons (Fsp3) is 0.267. The standard InChI is InChI=1S/C15H16N2O2/c1-3-19-14(12-7-5-4-6-8-12)15-16-11(2)9-13(10-18)17-15/h4-10,14H,3H2,1-2H3. The Balaban J connectivity index is 2.44. The number of carbonyl (C=O) groups excluding carboxylic acids is 1. The van der Waals surface area contributed by atoms with Gasteiger partial charge < -0.3 is 4.74 Å². The fourth-order valence-corrected chi connectivity index (χ4v) is 1.91. The number of hydrogen-bond donors (Lipinski definition) is 0. The van der Waals surface area contributed by atoms with Crippen molar-refractivity contribution in [2.45, 2.75) is 20.0 Å². The summed E-state index contributed by atoms with van der Waals surface area (Å²) in [6.45, 7) is 4.31. The Labute approximate surface area is 112 Å². The van der Waals surface area contributed by atoms with Crippen LogP contribution in [0.2, 0.25) is 0 Å². The molecule has 1 aromatic carbocycles. The third-order valence-corrected chi connectivity index (χ3v) is 2.68. The van der Waals surface area contributed by atoms with Gasteiger partial charge in [0.25, 0.3) is 0 Å². The summed E-state index contributed by atoms with van der Waals surface area (Å²) in [7, 11) is 0. The molecular formula is C15H16N2O2. The highest BCUT2D eigenvalue weighted by molar-refractivity contribution is 5.71. The van der Waals surface area contributed by atoms with Crippen LogP contribution in [-0.2, 0) is 4.74 Å². The Morgan fingerprint density at radius 1 is 1.26 bits per heavy atom. The normalized spacial score (nSPS) is 12.1. The van der Waals surface area contributed by atoms with Crippen LogP contribution in [0.3, 0.4) is 0 Å². The van der Waals surface area contributed by atoms with E-state index in [-0.39, 0.29) is 6.10 Å². The van der Waals surface area contributed by atoms with Gasteiger partial charge in [0, 0.05) is 12.3 Å². The van der Waals surface area contributed by atoms with E-state index in [1.165, 1.54) is 0 Å². The van der Waals surface area contributed by atoms with E-state index in [4.69, 9.17) is 4.74 Å². The molecule has 0 saturated heterocycles. The van der Waals surface area contributed by atoms with Crippen molar-refractivity contribution in [3.8, 4) is 0 Å². The fourth-order valence-electron chi connectivity index (χ4n) is 1.91. The minimum atomic E-state index is -0.343. The van der Waals surface area contributed by atoms with Gasteiger partial charge in [0.2, 0.25) is 0 Å². The molecule has 2 aromatic rings. The van der Waals surface area contributed by atoms with Gasteiger partial charge in [-0.1, -0.05) is 30.3 Å². The van der Waals surface area contributed by atoms with Gasteiger partial charge >= 0.3 is 0 Å². The number of benzene rings is 1. The summed E-state index contributed by atoms with van der Waals surface area (Å²) in [6.07, 6.45) is 0.386. The van der Waals surface area contributed by atoms with Gasteiger partial charge in [-0.3, -0.25) is 4.79 Å². The number of aromatic nitrogens is 2. The molecule has 1 atom stereocenters. The van der Waals surface area contributed by atoms with Crippen LogP contribution in [0.25, 0.3) is 0 Å². The molecule has 0 saturated carbocycles. The third-order valence-electron chi connectivity index (χ3n) is 2.68. The predicted octanol–water partition coefficient (Wildman–Crippen LogP) is 2.72. The number of rotatable bonds is 5. The van der Waals surface area contributed by atoms with E-state index < -0.39 is 0 Å². The maximum atomic E-state index is 10.9. The molecule has 0 aliphatic carbocycles. The summed E-state index contributed by atoms with van der Waals surface area (Å²) >= 11 is 0. The van der Waals surface area contributed by atoms with E-state index in [2.05, 4.69) is 9.97 Å². The first-order valence-electron chi connectivity index (χ1n) is 6.22. The number of aryl methyl sites for hydroxylation is 1. The van der Waals surface area contributed by atoms with Crippen molar-refractivity contribution < 1.29 is 9.53 Å². The lowest BCUT2D eigenvalue weighted by Crippen LogP contribution is -2.12. The van der Waals surface area contributed by atoms with Crippen LogP contribution in [0.1, 0.15) is 40.6 Å². The van der Waals surface area contributed by atoms with Crippen molar-refractivity contribution >= 4 is 6.29 Å². The van der Waals surface area contributed by atoms with E-state index >= 15 is 0 Å². The zero-order valence-corrected chi connectivity index (χ0v) is 11.0. The molecule has 0 fully saturated rings. The van der Waals surface area contributed by atoms with Crippen LogP contribution in [-0.4, -0.2) is 22.9 Å². The lowest BCUT2D eigenvalue weighted by atomic mass is 10.1. The van der Waals surface area contributed by atoms with Crippen LogP contribution in [0, 0.1) is 6.92 Å². The van der Waals surface area contributed by atoms with E-state index in [0.29, 0.717) is 18.1 Å². The molecule has 1 aromatic heterocycles. The van der Waals surface area contributed by atoms with E-state index in [9.17, 15) is 4.79 Å². The molecule has 4 heteroatoms. The first-order chi connectivity index (χ1) is 9.24. The largest absolute Gasteiger partial charge is 0.366 e. The average Bonchev–Trinajstić information content (AvgIpc) is 2.45. The topological polar surface area (TPSA) is 52.1 Å². The van der Waals surface area contributed by atoms with Gasteiger partial charge in [-0.25, -0.2) is 9.97 Å². The number of carbonyl (C=O) groups is 1. The lowest BCUT2D eigenvalue weighted by molar-refractivity contribution is 0.0847. The van der Waals surface area contributed by atoms with E-state index in [0.717, 1.165) is 17.5 Å². The molecule has 19 heavy (non-hydrogen) atoms. The molecule has 0 spiro atoms. The van der Waals surface area contributed by atoms with Crippen molar-refractivity contribution in [2.24, 2.45) is 0 Å². The van der Waals surface area contributed by atoms with Gasteiger partial charge in [0.1, 0.15) is 11.8 Å². The van der Waals surface area contributed by atoms with Crippen molar-refractivity contribution in [1.29, 1.82) is 0 Å². The van der Waals surface area contributed by atoms with Gasteiger partial charge in [-0.2, -0.15) is 0 Å². The van der Waals surface area contributed by atoms with Crippen LogP contribution in [0.5, 0.6) is 0 Å². The van der Waals surface area contributed by atoms with Crippen molar-refractivity contribution in [3.63, 3.8) is 0 Å². The van der Waals surface area contributed by atoms with E-state index in [1.807, 2.05) is 44.2 Å². The first-order valence-corrected chi connectivity index (χ1v) is 6.22. The Kier molecular flexibility index (Phi) is 4.36. The highest BCUT2D eigenvalue weighted by Gasteiger charge is 2.18. The van der Waals surface area contributed by atoms with Crippen molar-refractivity contribution in [3.05, 3.63) is 59.2 Å². The molecular weight excluding hydrogens is 240 g/mol. The van der Waals surface area contributed by atoms with Crippen LogP contribution in [0.4, 0.5) is 0 Å². The lowest BCUT2D eigenvalue weighted by Gasteiger charge is -2.16. The third kappa shape index (κ3) is 3.23. The molecule has 0 aliphatic rings. The Hall–Kier alpha value is -2.07. The van der Waals surface area contributed by atoms with Gasteiger partial charge in [-0.15, -0.1) is 0 Å². The Morgan fingerprint density at radius 3 is 2.63 bits per heavy atom. The molecule has 4 nitrogen and oxygen atoms in total. The second kappa shape index (κ2) is 6.20. The smallest absolute Gasteiger partial charge is 0.168 e. The number of nitrogens with zero attached hydrogens (tertiary/aromatic N) is 2. The first kappa shape index (κ1) is 13.4. The van der Waals surface area contributed by atoms with Gasteiger partial charge in [0.15, 0.2) is 12.1 Å². The molecule has 0 bridgehead atoms. The minimum Gasteiger partial charge on any atom is -0.366 e. The quantitative estimate of drug-likeness (QED) is 0.772. The maximum Gasteiger partial charge on any atom is 0.168 e. The monoisotopic (exact) mass is 256 g/mol. The van der Waals surface area contributed by atoms with Crippen molar-refractivity contribution in [1.82, 2.24) is 9.97 Å². The molecule has 0 amide bonds.